The molecule has 4 rings (SSSR count). The summed E-state index contributed by atoms with van der Waals surface area (Å²) in [6.07, 6.45) is 1.76. The van der Waals surface area contributed by atoms with Gasteiger partial charge in [0.1, 0.15) is 9.34 Å². The van der Waals surface area contributed by atoms with Crippen LogP contribution in [0.5, 0.6) is 0 Å². The van der Waals surface area contributed by atoms with Crippen molar-refractivity contribution in [1.29, 1.82) is 0 Å². The third-order valence-corrected chi connectivity index (χ3v) is 5.67. The van der Waals surface area contributed by atoms with E-state index in [-0.39, 0.29) is 0 Å². The van der Waals surface area contributed by atoms with Crippen LogP contribution in [0.15, 0.2) is 36.5 Å². The number of benzene rings is 1. The summed E-state index contributed by atoms with van der Waals surface area (Å²) in [5, 5.41) is 1.14. The summed E-state index contributed by atoms with van der Waals surface area (Å²) >= 11 is 7.56. The summed E-state index contributed by atoms with van der Waals surface area (Å²) in [6.45, 7) is 5.69. The average molecular weight is 320 g/mol. The van der Waals surface area contributed by atoms with Gasteiger partial charge in [-0.05, 0) is 24.0 Å². The number of likely N-dealkylation sites (tertiary alicyclic amines) is 1. The zero-order valence-electron chi connectivity index (χ0n) is 11.8. The van der Waals surface area contributed by atoms with E-state index in [0.717, 1.165) is 27.7 Å². The van der Waals surface area contributed by atoms with E-state index < -0.39 is 0 Å². The molecule has 2 atom stereocenters. The van der Waals surface area contributed by atoms with E-state index in [0.29, 0.717) is 0 Å². The number of para-hydroxylation sites is 1. The first-order chi connectivity index (χ1) is 10.3. The molecule has 0 radical (unpaired) electrons. The van der Waals surface area contributed by atoms with Crippen LogP contribution in [0.3, 0.4) is 0 Å². The third kappa shape index (κ3) is 2.80. The van der Waals surface area contributed by atoms with Crippen molar-refractivity contribution in [3.8, 4) is 0 Å². The van der Waals surface area contributed by atoms with Gasteiger partial charge in [0, 0.05) is 31.9 Å². The van der Waals surface area contributed by atoms with Crippen LogP contribution in [0.25, 0.3) is 0 Å². The molecule has 0 saturated carbocycles. The molecule has 2 fully saturated rings. The Morgan fingerprint density at radius 3 is 2.43 bits per heavy atom. The Morgan fingerprint density at radius 2 is 1.81 bits per heavy atom. The molecular weight excluding hydrogens is 302 g/mol. The van der Waals surface area contributed by atoms with Crippen molar-refractivity contribution in [2.75, 3.05) is 31.1 Å². The van der Waals surface area contributed by atoms with Crippen molar-refractivity contribution in [3.63, 3.8) is 0 Å². The highest BCUT2D eigenvalue weighted by Gasteiger charge is 2.40. The number of anilines is 1. The average Bonchev–Trinajstić information content (AvgIpc) is 3.15. The van der Waals surface area contributed by atoms with Gasteiger partial charge in [-0.3, -0.25) is 4.90 Å². The van der Waals surface area contributed by atoms with E-state index in [4.69, 9.17) is 11.6 Å². The summed E-state index contributed by atoms with van der Waals surface area (Å²) in [5.74, 6) is 1.58. The van der Waals surface area contributed by atoms with Gasteiger partial charge in [0.25, 0.3) is 0 Å². The van der Waals surface area contributed by atoms with Crippen molar-refractivity contribution < 1.29 is 0 Å². The number of hydrogen-bond acceptors (Lipinski definition) is 4. The van der Waals surface area contributed by atoms with Crippen LogP contribution in [0.1, 0.15) is 5.01 Å². The predicted octanol–water partition coefficient (Wildman–Crippen LogP) is 3.36. The molecular formula is C16H18ClN3S. The summed E-state index contributed by atoms with van der Waals surface area (Å²) in [6, 6.07) is 10.8. The summed E-state index contributed by atoms with van der Waals surface area (Å²) < 4.78 is 0.791. The number of aromatic nitrogens is 1. The lowest BCUT2D eigenvalue weighted by Gasteiger charge is -2.22. The molecule has 3 heterocycles. The predicted molar refractivity (Wildman–Crippen MR) is 88.0 cm³/mol. The van der Waals surface area contributed by atoms with E-state index in [1.165, 1.54) is 31.9 Å². The second-order valence-electron chi connectivity index (χ2n) is 6.01. The Morgan fingerprint density at radius 1 is 1.10 bits per heavy atom. The molecule has 0 bridgehead atoms. The fourth-order valence-corrected chi connectivity index (χ4v) is 4.62. The van der Waals surface area contributed by atoms with Crippen LogP contribution in [-0.2, 0) is 6.54 Å². The van der Waals surface area contributed by atoms with Gasteiger partial charge in [-0.15, -0.1) is 11.3 Å². The lowest BCUT2D eigenvalue weighted by atomic mass is 10.0. The van der Waals surface area contributed by atoms with E-state index in [1.807, 2.05) is 0 Å². The van der Waals surface area contributed by atoms with E-state index in [2.05, 4.69) is 45.1 Å². The number of fused-ring (bicyclic) bond motifs is 1. The molecule has 110 valence electrons. The summed E-state index contributed by atoms with van der Waals surface area (Å²) in [5.41, 5.74) is 1.37. The molecule has 0 N–H and O–H groups in total. The van der Waals surface area contributed by atoms with Gasteiger partial charge in [-0.2, -0.15) is 0 Å². The molecule has 5 heteroatoms. The van der Waals surface area contributed by atoms with Gasteiger partial charge < -0.3 is 4.90 Å². The second kappa shape index (κ2) is 5.59. The van der Waals surface area contributed by atoms with Crippen molar-refractivity contribution in [2.24, 2.45) is 11.8 Å². The molecule has 2 unspecified atom stereocenters. The molecule has 21 heavy (non-hydrogen) atoms. The Labute approximate surface area is 134 Å². The van der Waals surface area contributed by atoms with Crippen LogP contribution >= 0.6 is 22.9 Å². The van der Waals surface area contributed by atoms with Crippen LogP contribution in [0.4, 0.5) is 5.69 Å². The highest BCUT2D eigenvalue weighted by atomic mass is 35.5. The van der Waals surface area contributed by atoms with Crippen molar-refractivity contribution in [3.05, 3.63) is 45.9 Å². The molecule has 2 aliphatic rings. The molecule has 0 amide bonds. The first-order valence-corrected chi connectivity index (χ1v) is 8.60. The smallest absolute Gasteiger partial charge is 0.113 e. The standard InChI is InChI=1S/C16H18ClN3S/c17-15-6-18-16(21-15)11-19-7-12-9-20(10-13(12)8-19)14-4-2-1-3-5-14/h1-6,12-13H,7-11H2. The fourth-order valence-electron chi connectivity index (χ4n) is 3.62. The zero-order chi connectivity index (χ0) is 14.2. The molecule has 2 aliphatic heterocycles. The van der Waals surface area contributed by atoms with Crippen LogP contribution in [0.2, 0.25) is 4.34 Å². The van der Waals surface area contributed by atoms with Gasteiger partial charge in [-0.25, -0.2) is 4.98 Å². The summed E-state index contributed by atoms with van der Waals surface area (Å²) in [4.78, 5) is 9.44. The molecule has 1 aromatic heterocycles. The molecule has 0 aliphatic carbocycles. The second-order valence-corrected chi connectivity index (χ2v) is 7.76. The minimum Gasteiger partial charge on any atom is -0.371 e. The topological polar surface area (TPSA) is 19.4 Å². The Hall–Kier alpha value is -1.10. The first kappa shape index (κ1) is 13.6. The largest absolute Gasteiger partial charge is 0.371 e. The van der Waals surface area contributed by atoms with E-state index in [1.54, 1.807) is 17.5 Å². The maximum absolute atomic E-state index is 5.96. The molecule has 2 aromatic rings. The Balaban J connectivity index is 1.37. The SMILES string of the molecule is Clc1cnc(CN2CC3CN(c4ccccc4)CC3C2)s1. The lowest BCUT2D eigenvalue weighted by molar-refractivity contribution is 0.308. The van der Waals surface area contributed by atoms with E-state index in [9.17, 15) is 0 Å². The maximum atomic E-state index is 5.96. The molecule has 2 saturated heterocycles. The van der Waals surface area contributed by atoms with Crippen molar-refractivity contribution >= 4 is 28.6 Å². The minimum absolute atomic E-state index is 0.791. The van der Waals surface area contributed by atoms with Crippen LogP contribution in [0, 0.1) is 11.8 Å². The maximum Gasteiger partial charge on any atom is 0.113 e. The Kier molecular flexibility index (Phi) is 3.61. The number of rotatable bonds is 3. The van der Waals surface area contributed by atoms with Crippen molar-refractivity contribution in [1.82, 2.24) is 9.88 Å². The van der Waals surface area contributed by atoms with Gasteiger partial charge in [0.15, 0.2) is 0 Å². The number of nitrogens with zero attached hydrogens (tertiary/aromatic N) is 3. The van der Waals surface area contributed by atoms with Gasteiger partial charge in [0.05, 0.1) is 12.7 Å². The normalized spacial score (nSPS) is 25.5. The highest BCUT2D eigenvalue weighted by Crippen LogP contribution is 2.34. The number of thiazole rings is 1. The van der Waals surface area contributed by atoms with Gasteiger partial charge >= 0.3 is 0 Å². The van der Waals surface area contributed by atoms with Crippen molar-refractivity contribution in [2.45, 2.75) is 6.54 Å². The molecule has 3 nitrogen and oxygen atoms in total. The highest BCUT2D eigenvalue weighted by molar-refractivity contribution is 7.15. The van der Waals surface area contributed by atoms with Gasteiger partial charge in [0.2, 0.25) is 0 Å². The zero-order valence-corrected chi connectivity index (χ0v) is 13.4. The lowest BCUT2D eigenvalue weighted by Crippen LogP contribution is -2.28. The third-order valence-electron chi connectivity index (χ3n) is 4.57. The monoisotopic (exact) mass is 319 g/mol. The minimum atomic E-state index is 0.791. The first-order valence-electron chi connectivity index (χ1n) is 7.40. The molecule has 1 aromatic carbocycles. The Bertz CT molecular complexity index is 601. The number of hydrogen-bond donors (Lipinski definition) is 0. The van der Waals surface area contributed by atoms with Crippen LogP contribution < -0.4 is 4.90 Å². The number of halogens is 1. The quantitative estimate of drug-likeness (QED) is 0.864. The van der Waals surface area contributed by atoms with Crippen LogP contribution in [-0.4, -0.2) is 36.1 Å². The van der Waals surface area contributed by atoms with E-state index >= 15 is 0 Å². The molecule has 0 spiro atoms. The fraction of sp³-hybridized carbons (Fsp3) is 0.438. The summed E-state index contributed by atoms with van der Waals surface area (Å²) in [7, 11) is 0. The van der Waals surface area contributed by atoms with Gasteiger partial charge in [-0.1, -0.05) is 29.8 Å².